The third-order valence-corrected chi connectivity index (χ3v) is 6.80. The summed E-state index contributed by atoms with van der Waals surface area (Å²) in [5.74, 6) is 0.491. The van der Waals surface area contributed by atoms with Gasteiger partial charge in [0.15, 0.2) is 6.10 Å². The molecule has 0 fully saturated rings. The Kier molecular flexibility index (Phi) is 6.15. The lowest BCUT2D eigenvalue weighted by Gasteiger charge is -2.32. The predicted octanol–water partition coefficient (Wildman–Crippen LogP) is 4.04. The predicted molar refractivity (Wildman–Crippen MR) is 120 cm³/mol. The zero-order chi connectivity index (χ0) is 21.1. The van der Waals surface area contributed by atoms with Crippen molar-refractivity contribution in [3.63, 3.8) is 0 Å². The number of amides is 2. The Bertz CT molecular complexity index is 1060. The van der Waals surface area contributed by atoms with Crippen molar-refractivity contribution < 1.29 is 14.3 Å². The van der Waals surface area contributed by atoms with Gasteiger partial charge < -0.3 is 15.0 Å². The molecule has 2 aromatic heterocycles. The van der Waals surface area contributed by atoms with E-state index in [4.69, 9.17) is 4.74 Å². The summed E-state index contributed by atoms with van der Waals surface area (Å²) in [6.07, 6.45) is 0.480. The molecule has 1 aliphatic rings. The summed E-state index contributed by atoms with van der Waals surface area (Å²) in [7, 11) is 0. The average molecular weight is 442 g/mol. The number of para-hydroxylation sites is 2. The molecule has 8 heteroatoms. The molecule has 0 bridgehead atoms. The zero-order valence-corrected chi connectivity index (χ0v) is 18.5. The quantitative estimate of drug-likeness (QED) is 0.601. The number of thiophene rings is 1. The number of benzene rings is 1. The number of fused-ring (bicyclic) bond motifs is 1. The number of ether oxygens (including phenoxy) is 1. The van der Waals surface area contributed by atoms with Gasteiger partial charge in [-0.3, -0.25) is 9.59 Å². The van der Waals surface area contributed by atoms with E-state index in [0.29, 0.717) is 18.8 Å². The minimum Gasteiger partial charge on any atom is -0.479 e. The Morgan fingerprint density at radius 1 is 1.27 bits per heavy atom. The number of carbonyl (C=O) groups excluding carboxylic acids is 2. The highest BCUT2D eigenvalue weighted by atomic mass is 32.1. The summed E-state index contributed by atoms with van der Waals surface area (Å²) in [6.45, 7) is 4.64. The Labute approximate surface area is 183 Å². The maximum Gasteiger partial charge on any atom is 0.267 e. The summed E-state index contributed by atoms with van der Waals surface area (Å²) in [4.78, 5) is 33.3. The second-order valence-corrected chi connectivity index (χ2v) is 9.32. The molecule has 1 unspecified atom stereocenters. The van der Waals surface area contributed by atoms with E-state index >= 15 is 0 Å². The van der Waals surface area contributed by atoms with Gasteiger partial charge >= 0.3 is 0 Å². The molecule has 1 atom stereocenters. The number of rotatable bonds is 7. The molecule has 0 saturated carbocycles. The minimum absolute atomic E-state index is 0.0636. The van der Waals surface area contributed by atoms with Crippen LogP contribution >= 0.6 is 22.7 Å². The number of hydrogen-bond acceptors (Lipinski definition) is 6. The normalized spacial score (nSPS) is 15.6. The van der Waals surface area contributed by atoms with E-state index in [2.05, 4.69) is 27.8 Å². The first-order chi connectivity index (χ1) is 14.5. The van der Waals surface area contributed by atoms with Gasteiger partial charge in [-0.1, -0.05) is 12.1 Å². The highest BCUT2D eigenvalue weighted by molar-refractivity contribution is 7.16. The van der Waals surface area contributed by atoms with Crippen LogP contribution in [-0.2, 0) is 16.0 Å². The van der Waals surface area contributed by atoms with Crippen LogP contribution in [0.5, 0.6) is 5.75 Å². The van der Waals surface area contributed by atoms with Crippen molar-refractivity contribution >= 4 is 40.2 Å². The van der Waals surface area contributed by atoms with Crippen LogP contribution in [0.1, 0.15) is 23.2 Å². The zero-order valence-electron chi connectivity index (χ0n) is 16.9. The number of anilines is 1. The number of hydrogen-bond donors (Lipinski definition) is 1. The molecular weight excluding hydrogens is 418 g/mol. The largest absolute Gasteiger partial charge is 0.479 e. The first-order valence-corrected chi connectivity index (χ1v) is 11.6. The molecule has 4 rings (SSSR count). The van der Waals surface area contributed by atoms with Gasteiger partial charge in [0.25, 0.3) is 5.91 Å². The first-order valence-electron chi connectivity index (χ1n) is 9.86. The van der Waals surface area contributed by atoms with E-state index < -0.39 is 6.10 Å². The SMILES string of the molecule is Cc1nc(-c2ccc(CCNC(=O)CCN3C(=O)C(C)Oc4ccccc43)s2)cs1. The van der Waals surface area contributed by atoms with E-state index in [1.165, 1.54) is 4.88 Å². The maximum atomic E-state index is 12.5. The molecule has 0 radical (unpaired) electrons. The minimum atomic E-state index is -0.544. The van der Waals surface area contributed by atoms with Crippen LogP contribution in [0.3, 0.4) is 0 Å². The summed E-state index contributed by atoms with van der Waals surface area (Å²) in [5.41, 5.74) is 1.74. The third kappa shape index (κ3) is 4.55. The fourth-order valence-electron chi connectivity index (χ4n) is 3.34. The van der Waals surface area contributed by atoms with Gasteiger partial charge in [0.05, 0.1) is 21.3 Å². The number of thiazole rings is 1. The molecule has 0 saturated heterocycles. The molecule has 0 spiro atoms. The van der Waals surface area contributed by atoms with Gasteiger partial charge in [0.2, 0.25) is 5.91 Å². The summed E-state index contributed by atoms with van der Waals surface area (Å²) in [6, 6.07) is 11.6. The molecule has 2 amide bonds. The van der Waals surface area contributed by atoms with E-state index in [1.54, 1.807) is 34.5 Å². The standard InChI is InChI=1S/C22H23N3O3S2/c1-14-22(27)25(18-5-3-4-6-19(18)28-14)12-10-21(26)23-11-9-16-7-8-20(30-16)17-13-29-15(2)24-17/h3-8,13-14H,9-12H2,1-2H3,(H,23,26). The van der Waals surface area contributed by atoms with Crippen LogP contribution in [0.25, 0.3) is 10.6 Å². The van der Waals surface area contributed by atoms with Gasteiger partial charge in [-0.15, -0.1) is 22.7 Å². The van der Waals surface area contributed by atoms with Crippen LogP contribution in [0.2, 0.25) is 0 Å². The van der Waals surface area contributed by atoms with Gasteiger partial charge in [0.1, 0.15) is 5.75 Å². The van der Waals surface area contributed by atoms with Crippen molar-refractivity contribution in [3.05, 3.63) is 51.7 Å². The third-order valence-electron chi connectivity index (χ3n) is 4.86. The van der Waals surface area contributed by atoms with E-state index in [1.807, 2.05) is 31.2 Å². The van der Waals surface area contributed by atoms with Crippen molar-refractivity contribution in [3.8, 4) is 16.3 Å². The topological polar surface area (TPSA) is 71.5 Å². The summed E-state index contributed by atoms with van der Waals surface area (Å²) < 4.78 is 5.64. The molecule has 1 N–H and O–H groups in total. The van der Waals surface area contributed by atoms with Crippen LogP contribution in [-0.4, -0.2) is 36.0 Å². The smallest absolute Gasteiger partial charge is 0.267 e. The van der Waals surface area contributed by atoms with Crippen LogP contribution in [0.15, 0.2) is 41.8 Å². The Hall–Kier alpha value is -2.71. The number of nitrogens with one attached hydrogen (secondary N) is 1. The van der Waals surface area contributed by atoms with Crippen molar-refractivity contribution in [2.75, 3.05) is 18.0 Å². The molecule has 156 valence electrons. The number of aryl methyl sites for hydroxylation is 1. The maximum absolute atomic E-state index is 12.5. The van der Waals surface area contributed by atoms with Gasteiger partial charge in [-0.2, -0.15) is 0 Å². The molecule has 1 aromatic carbocycles. The van der Waals surface area contributed by atoms with E-state index in [9.17, 15) is 9.59 Å². The molecule has 3 heterocycles. The lowest BCUT2D eigenvalue weighted by Crippen LogP contribution is -2.45. The highest BCUT2D eigenvalue weighted by Gasteiger charge is 2.31. The Morgan fingerprint density at radius 3 is 2.90 bits per heavy atom. The summed E-state index contributed by atoms with van der Waals surface area (Å²) in [5, 5.41) is 6.09. The fraction of sp³-hybridized carbons (Fsp3) is 0.318. The van der Waals surface area contributed by atoms with Crippen LogP contribution in [0, 0.1) is 6.92 Å². The first kappa shape index (κ1) is 20.6. The average Bonchev–Trinajstić information content (AvgIpc) is 3.37. The second kappa shape index (κ2) is 8.97. The number of nitrogens with zero attached hydrogens (tertiary/aromatic N) is 2. The van der Waals surface area contributed by atoms with E-state index in [-0.39, 0.29) is 18.2 Å². The summed E-state index contributed by atoms with van der Waals surface area (Å²) >= 11 is 3.35. The molecular formula is C22H23N3O3S2. The van der Waals surface area contributed by atoms with Crippen molar-refractivity contribution in [2.24, 2.45) is 0 Å². The Balaban J connectivity index is 1.27. The number of carbonyl (C=O) groups is 2. The van der Waals surface area contributed by atoms with Gasteiger partial charge in [0, 0.05) is 29.8 Å². The van der Waals surface area contributed by atoms with Gasteiger partial charge in [-0.05, 0) is 44.5 Å². The van der Waals surface area contributed by atoms with E-state index in [0.717, 1.165) is 27.7 Å². The van der Waals surface area contributed by atoms with Gasteiger partial charge in [-0.25, -0.2) is 4.98 Å². The fourth-order valence-corrected chi connectivity index (χ4v) is 5.00. The molecule has 0 aliphatic carbocycles. The highest BCUT2D eigenvalue weighted by Crippen LogP contribution is 2.33. The number of aromatic nitrogens is 1. The van der Waals surface area contributed by atoms with Crippen molar-refractivity contribution in [1.82, 2.24) is 10.3 Å². The van der Waals surface area contributed by atoms with Crippen molar-refractivity contribution in [2.45, 2.75) is 32.8 Å². The monoisotopic (exact) mass is 441 g/mol. The molecule has 6 nitrogen and oxygen atoms in total. The lowest BCUT2D eigenvalue weighted by molar-refractivity contribution is -0.125. The molecule has 30 heavy (non-hydrogen) atoms. The lowest BCUT2D eigenvalue weighted by atomic mass is 10.1. The molecule has 3 aromatic rings. The molecule has 1 aliphatic heterocycles. The second-order valence-electron chi connectivity index (χ2n) is 7.09. The van der Waals surface area contributed by atoms with Crippen LogP contribution in [0.4, 0.5) is 5.69 Å². The van der Waals surface area contributed by atoms with Crippen molar-refractivity contribution in [1.29, 1.82) is 0 Å². The van der Waals surface area contributed by atoms with Crippen LogP contribution < -0.4 is 15.0 Å². The Morgan fingerprint density at radius 2 is 2.10 bits per heavy atom.